The Kier molecular flexibility index (Phi) is 4.70. The highest BCUT2D eigenvalue weighted by atomic mass is 16.2. The average molecular weight is 334 g/mol. The maximum absolute atomic E-state index is 12.5. The number of aryl methyl sites for hydroxylation is 2. The molecule has 0 radical (unpaired) electrons. The second-order valence-electron chi connectivity index (χ2n) is 6.48. The molecule has 0 aliphatic carbocycles. The van der Waals surface area contributed by atoms with Crippen molar-refractivity contribution in [2.24, 2.45) is 0 Å². The number of aromatic nitrogens is 1. The van der Waals surface area contributed by atoms with Gasteiger partial charge in [-0.2, -0.15) is 0 Å². The van der Waals surface area contributed by atoms with Gasteiger partial charge in [-0.15, -0.1) is 0 Å². The van der Waals surface area contributed by atoms with Gasteiger partial charge >= 0.3 is 0 Å². The van der Waals surface area contributed by atoms with Crippen molar-refractivity contribution in [1.29, 1.82) is 0 Å². The Bertz CT molecular complexity index is 974. The smallest absolute Gasteiger partial charge is 0.240 e. The number of carbonyl (C=O) groups is 1. The first-order chi connectivity index (χ1) is 12.0. The topological polar surface area (TPSA) is 51.1 Å². The third kappa shape index (κ3) is 3.63. The number of fused-ring (bicyclic) bond motifs is 1. The molecule has 1 atom stereocenters. The van der Waals surface area contributed by atoms with Crippen LogP contribution in [-0.4, -0.2) is 10.5 Å². The van der Waals surface area contributed by atoms with E-state index in [9.17, 15) is 9.59 Å². The zero-order valence-electron chi connectivity index (χ0n) is 14.7. The molecule has 0 unspecified atom stereocenters. The van der Waals surface area contributed by atoms with Crippen LogP contribution in [0, 0.1) is 13.8 Å². The molecule has 4 heteroatoms. The Labute approximate surface area is 147 Å². The van der Waals surface area contributed by atoms with Crippen molar-refractivity contribution >= 4 is 16.8 Å². The lowest BCUT2D eigenvalue weighted by Gasteiger charge is -2.17. The Morgan fingerprint density at radius 2 is 1.84 bits per heavy atom. The van der Waals surface area contributed by atoms with Gasteiger partial charge in [-0.3, -0.25) is 9.59 Å². The summed E-state index contributed by atoms with van der Waals surface area (Å²) in [5, 5.41) is 3.69. The van der Waals surface area contributed by atoms with Crippen molar-refractivity contribution in [3.63, 3.8) is 0 Å². The van der Waals surface area contributed by atoms with Gasteiger partial charge in [0.2, 0.25) is 5.91 Å². The number of amides is 1. The summed E-state index contributed by atoms with van der Waals surface area (Å²) in [6.07, 6.45) is 1.69. The Morgan fingerprint density at radius 3 is 2.56 bits per heavy atom. The quantitative estimate of drug-likeness (QED) is 0.794. The number of pyridine rings is 1. The van der Waals surface area contributed by atoms with Gasteiger partial charge in [-0.1, -0.05) is 36.4 Å². The van der Waals surface area contributed by atoms with Gasteiger partial charge in [-0.25, -0.2) is 0 Å². The lowest BCUT2D eigenvalue weighted by Crippen LogP contribution is -2.30. The van der Waals surface area contributed by atoms with Crippen molar-refractivity contribution in [2.45, 2.75) is 33.4 Å². The van der Waals surface area contributed by atoms with Crippen LogP contribution in [0.2, 0.25) is 0 Å². The summed E-state index contributed by atoms with van der Waals surface area (Å²) in [4.78, 5) is 24.7. The Hall–Kier alpha value is -2.88. The number of hydrogen-bond donors (Lipinski definition) is 1. The highest BCUT2D eigenvalue weighted by Gasteiger charge is 2.12. The van der Waals surface area contributed by atoms with Gasteiger partial charge in [0.25, 0.3) is 0 Å². The molecule has 0 bridgehead atoms. The van der Waals surface area contributed by atoms with Gasteiger partial charge in [0, 0.05) is 17.6 Å². The first-order valence-corrected chi connectivity index (χ1v) is 8.40. The molecule has 0 aliphatic rings. The van der Waals surface area contributed by atoms with Crippen LogP contribution in [0.4, 0.5) is 0 Å². The molecule has 0 saturated carbocycles. The van der Waals surface area contributed by atoms with Crippen LogP contribution in [0.25, 0.3) is 10.9 Å². The summed E-state index contributed by atoms with van der Waals surface area (Å²) in [6, 6.07) is 15.3. The largest absolute Gasteiger partial charge is 0.348 e. The van der Waals surface area contributed by atoms with Crippen molar-refractivity contribution in [1.82, 2.24) is 9.88 Å². The van der Waals surface area contributed by atoms with Crippen molar-refractivity contribution in [2.75, 3.05) is 0 Å². The number of nitrogens with one attached hydrogen (secondary N) is 1. The van der Waals surface area contributed by atoms with E-state index in [0.717, 1.165) is 22.2 Å². The predicted octanol–water partition coefficient (Wildman–Crippen LogP) is 3.50. The van der Waals surface area contributed by atoms with Gasteiger partial charge in [0.1, 0.15) is 6.54 Å². The number of rotatable bonds is 4. The maximum atomic E-state index is 12.5. The fraction of sp³-hybridized carbons (Fsp3) is 0.238. The van der Waals surface area contributed by atoms with Crippen LogP contribution in [0.5, 0.6) is 0 Å². The van der Waals surface area contributed by atoms with Crippen molar-refractivity contribution < 1.29 is 4.79 Å². The molecule has 3 aromatic rings. The molecule has 1 N–H and O–H groups in total. The molecule has 25 heavy (non-hydrogen) atoms. The second-order valence-corrected chi connectivity index (χ2v) is 6.48. The summed E-state index contributed by atoms with van der Waals surface area (Å²) < 4.78 is 1.84. The highest BCUT2D eigenvalue weighted by molar-refractivity contribution is 5.85. The Morgan fingerprint density at radius 1 is 1.12 bits per heavy atom. The fourth-order valence-electron chi connectivity index (χ4n) is 3.22. The minimum Gasteiger partial charge on any atom is -0.348 e. The lowest BCUT2D eigenvalue weighted by atomic mass is 10.1. The first-order valence-electron chi connectivity index (χ1n) is 8.40. The van der Waals surface area contributed by atoms with Crippen LogP contribution >= 0.6 is 0 Å². The standard InChI is InChI=1S/C21H22N2O2/c1-14-11-15(2)21-18(12-14)23(10-9-19(21)24)13-20(25)22-16(3)17-7-5-4-6-8-17/h4-12,16H,13H2,1-3H3,(H,22,25)/t16-/m0/s1. The van der Waals surface area contributed by atoms with E-state index in [1.807, 2.05) is 67.8 Å². The molecule has 1 heterocycles. The highest BCUT2D eigenvalue weighted by Crippen LogP contribution is 2.18. The van der Waals surface area contributed by atoms with Crippen LogP contribution < -0.4 is 10.7 Å². The van der Waals surface area contributed by atoms with E-state index in [4.69, 9.17) is 0 Å². The molecule has 0 spiro atoms. The number of benzene rings is 2. The van der Waals surface area contributed by atoms with Crippen LogP contribution in [-0.2, 0) is 11.3 Å². The summed E-state index contributed by atoms with van der Waals surface area (Å²) in [5.41, 5.74) is 3.86. The van der Waals surface area contributed by atoms with Gasteiger partial charge in [-0.05, 0) is 43.5 Å². The molecule has 3 rings (SSSR count). The third-order valence-corrected chi connectivity index (χ3v) is 4.41. The second kappa shape index (κ2) is 6.93. The van der Waals surface area contributed by atoms with E-state index in [2.05, 4.69) is 5.32 Å². The summed E-state index contributed by atoms with van der Waals surface area (Å²) in [5.74, 6) is -0.0829. The van der Waals surface area contributed by atoms with E-state index < -0.39 is 0 Å². The first kappa shape index (κ1) is 17.0. The number of carbonyl (C=O) groups excluding carboxylic acids is 1. The number of nitrogens with zero attached hydrogens (tertiary/aromatic N) is 1. The lowest BCUT2D eigenvalue weighted by molar-refractivity contribution is -0.122. The third-order valence-electron chi connectivity index (χ3n) is 4.41. The van der Waals surface area contributed by atoms with E-state index in [1.165, 1.54) is 6.07 Å². The summed E-state index contributed by atoms with van der Waals surface area (Å²) >= 11 is 0. The molecule has 0 aliphatic heterocycles. The maximum Gasteiger partial charge on any atom is 0.240 e. The number of hydrogen-bond acceptors (Lipinski definition) is 2. The van der Waals surface area contributed by atoms with Gasteiger partial charge in [0.15, 0.2) is 5.43 Å². The van der Waals surface area contributed by atoms with E-state index in [-0.39, 0.29) is 23.9 Å². The van der Waals surface area contributed by atoms with Gasteiger partial charge < -0.3 is 9.88 Å². The van der Waals surface area contributed by atoms with Crippen LogP contribution in [0.1, 0.15) is 29.7 Å². The Balaban J connectivity index is 1.87. The minimum absolute atomic E-state index is 0.0122. The molecule has 0 fully saturated rings. The predicted molar refractivity (Wildman–Crippen MR) is 101 cm³/mol. The zero-order chi connectivity index (χ0) is 18.0. The summed E-state index contributed by atoms with van der Waals surface area (Å²) in [6.45, 7) is 6.06. The van der Waals surface area contributed by atoms with Crippen LogP contribution in [0.15, 0.2) is 59.5 Å². The van der Waals surface area contributed by atoms with Gasteiger partial charge in [0.05, 0.1) is 11.6 Å². The van der Waals surface area contributed by atoms with Crippen LogP contribution in [0.3, 0.4) is 0 Å². The molecule has 2 aromatic carbocycles. The molecule has 1 aromatic heterocycles. The normalized spacial score (nSPS) is 12.1. The molecule has 1 amide bonds. The molecular formula is C21H22N2O2. The molecular weight excluding hydrogens is 312 g/mol. The molecule has 128 valence electrons. The summed E-state index contributed by atoms with van der Waals surface area (Å²) in [7, 11) is 0. The fourth-order valence-corrected chi connectivity index (χ4v) is 3.22. The van der Waals surface area contributed by atoms with E-state index in [1.54, 1.807) is 6.20 Å². The van der Waals surface area contributed by atoms with Crippen molar-refractivity contribution in [3.8, 4) is 0 Å². The van der Waals surface area contributed by atoms with E-state index in [0.29, 0.717) is 5.39 Å². The van der Waals surface area contributed by atoms with E-state index >= 15 is 0 Å². The average Bonchev–Trinajstić information content (AvgIpc) is 2.57. The van der Waals surface area contributed by atoms with Crippen molar-refractivity contribution in [3.05, 3.63) is 81.6 Å². The minimum atomic E-state index is -0.0829. The zero-order valence-corrected chi connectivity index (χ0v) is 14.7. The SMILES string of the molecule is Cc1cc(C)c2c(=O)ccn(CC(=O)N[C@@H](C)c3ccccc3)c2c1. The molecule has 0 saturated heterocycles. The monoisotopic (exact) mass is 334 g/mol. The molecule has 4 nitrogen and oxygen atoms in total.